The Kier molecular flexibility index (Phi) is 5.11. The highest BCUT2D eigenvalue weighted by Crippen LogP contribution is 2.27. The van der Waals surface area contributed by atoms with Gasteiger partial charge in [-0.3, -0.25) is 4.79 Å². The van der Waals surface area contributed by atoms with Crippen molar-refractivity contribution in [3.63, 3.8) is 0 Å². The first kappa shape index (κ1) is 18.2. The number of aryl methyl sites for hydroxylation is 1. The van der Waals surface area contributed by atoms with Gasteiger partial charge in [-0.25, -0.2) is 0 Å². The van der Waals surface area contributed by atoms with E-state index >= 15 is 0 Å². The predicted octanol–water partition coefficient (Wildman–Crippen LogP) is 3.31. The number of hydrogen-bond acceptors (Lipinski definition) is 4. The average molecular weight is 329 g/mol. The average Bonchev–Trinajstić information content (AvgIpc) is 2.90. The lowest BCUT2D eigenvalue weighted by Gasteiger charge is -2.27. The molecule has 0 unspecified atom stereocenters. The quantitative estimate of drug-likeness (QED) is 0.914. The Labute approximate surface area is 143 Å². The van der Waals surface area contributed by atoms with Crippen molar-refractivity contribution in [1.29, 1.82) is 0 Å². The van der Waals surface area contributed by atoms with E-state index in [0.717, 1.165) is 0 Å². The normalized spacial score (nSPS) is 12.2. The van der Waals surface area contributed by atoms with Crippen molar-refractivity contribution in [3.8, 4) is 0 Å². The first-order chi connectivity index (χ1) is 11.1. The van der Waals surface area contributed by atoms with Gasteiger partial charge in [-0.1, -0.05) is 58.9 Å². The maximum Gasteiger partial charge on any atom is 0.229 e. The Bertz CT molecular complexity index is 694. The second-order valence-electron chi connectivity index (χ2n) is 7.88. The molecule has 0 saturated heterocycles. The molecule has 1 aromatic heterocycles. The summed E-state index contributed by atoms with van der Waals surface area (Å²) in [6, 6.07) is 8.63. The zero-order valence-electron chi connectivity index (χ0n) is 15.4. The molecular weight excluding hydrogens is 302 g/mol. The largest absolute Gasteiger partial charge is 0.425 e. The zero-order chi connectivity index (χ0) is 18.0. The van der Waals surface area contributed by atoms with Crippen LogP contribution in [-0.4, -0.2) is 22.6 Å². The van der Waals surface area contributed by atoms with E-state index in [1.54, 1.807) is 6.92 Å². The van der Waals surface area contributed by atoms with Gasteiger partial charge in [-0.15, -0.1) is 10.2 Å². The first-order valence-corrected chi connectivity index (χ1v) is 8.25. The molecule has 0 bridgehead atoms. The van der Waals surface area contributed by atoms with Crippen LogP contribution in [0.5, 0.6) is 0 Å². The van der Waals surface area contributed by atoms with Crippen molar-refractivity contribution >= 4 is 5.91 Å². The molecule has 1 amide bonds. The lowest BCUT2D eigenvalue weighted by Crippen LogP contribution is -2.37. The highest BCUT2D eigenvalue weighted by Gasteiger charge is 2.23. The van der Waals surface area contributed by atoms with Crippen LogP contribution >= 0.6 is 0 Å². The van der Waals surface area contributed by atoms with E-state index in [2.05, 4.69) is 74.4 Å². The van der Waals surface area contributed by atoms with E-state index in [9.17, 15) is 4.79 Å². The second kappa shape index (κ2) is 6.75. The number of benzene rings is 1. The van der Waals surface area contributed by atoms with Crippen LogP contribution in [0.2, 0.25) is 0 Å². The maximum absolute atomic E-state index is 12.0. The van der Waals surface area contributed by atoms with Gasteiger partial charge < -0.3 is 9.73 Å². The van der Waals surface area contributed by atoms with Gasteiger partial charge in [0.2, 0.25) is 17.7 Å². The van der Waals surface area contributed by atoms with E-state index < -0.39 is 0 Å². The molecular formula is C19H27N3O2. The third-order valence-corrected chi connectivity index (χ3v) is 4.14. The van der Waals surface area contributed by atoms with Crippen LogP contribution in [0.25, 0.3) is 0 Å². The Morgan fingerprint density at radius 1 is 1.04 bits per heavy atom. The summed E-state index contributed by atoms with van der Waals surface area (Å²) >= 11 is 0. The molecule has 2 rings (SSSR count). The van der Waals surface area contributed by atoms with Gasteiger partial charge in [0.05, 0.1) is 0 Å². The summed E-state index contributed by atoms with van der Waals surface area (Å²) in [7, 11) is 0. The lowest BCUT2D eigenvalue weighted by molar-refractivity contribution is -0.121. The summed E-state index contributed by atoms with van der Waals surface area (Å²) in [5.41, 5.74) is 2.48. The minimum Gasteiger partial charge on any atom is -0.425 e. The minimum absolute atomic E-state index is 0.111. The van der Waals surface area contributed by atoms with Crippen LogP contribution in [0.4, 0.5) is 0 Å². The topological polar surface area (TPSA) is 68.0 Å². The predicted molar refractivity (Wildman–Crippen MR) is 93.9 cm³/mol. The van der Waals surface area contributed by atoms with Crippen molar-refractivity contribution < 1.29 is 9.21 Å². The van der Waals surface area contributed by atoms with Gasteiger partial charge in [0.1, 0.15) is 6.42 Å². The van der Waals surface area contributed by atoms with Gasteiger partial charge >= 0.3 is 0 Å². The van der Waals surface area contributed by atoms with Gasteiger partial charge in [-0.05, 0) is 16.5 Å². The van der Waals surface area contributed by atoms with E-state index in [1.807, 2.05) is 0 Å². The Balaban J connectivity index is 1.96. The summed E-state index contributed by atoms with van der Waals surface area (Å²) in [6.07, 6.45) is 0.111. The molecule has 5 nitrogen and oxygen atoms in total. The van der Waals surface area contributed by atoms with Crippen LogP contribution in [0.15, 0.2) is 28.7 Å². The molecule has 0 spiro atoms. The third-order valence-electron chi connectivity index (χ3n) is 4.14. The van der Waals surface area contributed by atoms with Gasteiger partial charge in [0.15, 0.2) is 0 Å². The van der Waals surface area contributed by atoms with Gasteiger partial charge in [-0.2, -0.15) is 0 Å². The van der Waals surface area contributed by atoms with Crippen molar-refractivity contribution in [2.75, 3.05) is 6.54 Å². The zero-order valence-corrected chi connectivity index (χ0v) is 15.4. The molecule has 0 fully saturated rings. The monoisotopic (exact) mass is 329 g/mol. The van der Waals surface area contributed by atoms with E-state index in [4.69, 9.17) is 4.42 Å². The number of nitrogens with one attached hydrogen (secondary N) is 1. The molecule has 24 heavy (non-hydrogen) atoms. The van der Waals surface area contributed by atoms with Crippen molar-refractivity contribution in [2.24, 2.45) is 0 Å². The van der Waals surface area contributed by atoms with Crippen LogP contribution in [0.3, 0.4) is 0 Å². The number of carbonyl (C=O) groups excluding carboxylic acids is 1. The lowest BCUT2D eigenvalue weighted by atomic mass is 9.81. The fraction of sp³-hybridized carbons (Fsp3) is 0.526. The Morgan fingerprint density at radius 3 is 2.12 bits per heavy atom. The smallest absolute Gasteiger partial charge is 0.229 e. The van der Waals surface area contributed by atoms with Crippen molar-refractivity contribution in [3.05, 3.63) is 47.2 Å². The summed E-state index contributed by atoms with van der Waals surface area (Å²) < 4.78 is 5.23. The van der Waals surface area contributed by atoms with Crippen LogP contribution in [0.1, 0.15) is 57.5 Å². The molecule has 0 aliphatic rings. The summed E-state index contributed by atoms with van der Waals surface area (Å²) in [4.78, 5) is 12.0. The fourth-order valence-electron chi connectivity index (χ4n) is 2.45. The number of rotatable bonds is 5. The number of aromatic nitrogens is 2. The number of nitrogens with zero attached hydrogens (tertiary/aromatic N) is 2. The van der Waals surface area contributed by atoms with Crippen LogP contribution in [0, 0.1) is 6.92 Å². The van der Waals surface area contributed by atoms with E-state index in [0.29, 0.717) is 18.3 Å². The SMILES string of the molecule is Cc1nnc(CC(=O)NCC(C)(C)c2ccc(C(C)(C)C)cc2)o1. The summed E-state index contributed by atoms with van der Waals surface area (Å²) in [6.45, 7) is 13.1. The Morgan fingerprint density at radius 2 is 1.62 bits per heavy atom. The van der Waals surface area contributed by atoms with Crippen molar-refractivity contribution in [1.82, 2.24) is 15.5 Å². The van der Waals surface area contributed by atoms with Crippen LogP contribution in [-0.2, 0) is 22.0 Å². The van der Waals surface area contributed by atoms with Crippen molar-refractivity contribution in [2.45, 2.75) is 58.8 Å². The highest BCUT2D eigenvalue weighted by molar-refractivity contribution is 5.77. The molecule has 0 radical (unpaired) electrons. The molecule has 130 valence electrons. The summed E-state index contributed by atoms with van der Waals surface area (Å²) in [5, 5.41) is 10.5. The minimum atomic E-state index is -0.156. The third kappa shape index (κ3) is 4.66. The molecule has 0 atom stereocenters. The molecule has 0 aliphatic heterocycles. The number of hydrogen-bond donors (Lipinski definition) is 1. The van der Waals surface area contributed by atoms with Gasteiger partial charge in [0, 0.05) is 18.9 Å². The molecule has 1 heterocycles. The number of carbonyl (C=O) groups is 1. The highest BCUT2D eigenvalue weighted by atomic mass is 16.4. The molecule has 1 N–H and O–H groups in total. The first-order valence-electron chi connectivity index (χ1n) is 8.25. The van der Waals surface area contributed by atoms with E-state index in [-0.39, 0.29) is 23.2 Å². The molecule has 0 aliphatic carbocycles. The maximum atomic E-state index is 12.0. The molecule has 5 heteroatoms. The molecule has 2 aromatic rings. The fourth-order valence-corrected chi connectivity index (χ4v) is 2.45. The summed E-state index contributed by atoms with van der Waals surface area (Å²) in [5.74, 6) is 0.701. The standard InChI is InChI=1S/C19H27N3O2/c1-13-21-22-17(24-13)11-16(23)20-12-19(5,6)15-9-7-14(8-10-15)18(2,3)4/h7-10H,11-12H2,1-6H3,(H,20,23). The molecule has 0 saturated carbocycles. The molecule has 1 aromatic carbocycles. The Hall–Kier alpha value is -2.17. The number of amides is 1. The second-order valence-corrected chi connectivity index (χ2v) is 7.88. The van der Waals surface area contributed by atoms with E-state index in [1.165, 1.54) is 11.1 Å². The van der Waals surface area contributed by atoms with Gasteiger partial charge in [0.25, 0.3) is 0 Å². The van der Waals surface area contributed by atoms with Crippen LogP contribution < -0.4 is 5.32 Å².